The van der Waals surface area contributed by atoms with Crippen LogP contribution >= 0.6 is 0 Å². The third-order valence-corrected chi connectivity index (χ3v) is 1.71. The Bertz CT molecular complexity index is 400. The van der Waals surface area contributed by atoms with Crippen LogP contribution in [-0.4, -0.2) is 19.0 Å². The van der Waals surface area contributed by atoms with Crippen molar-refractivity contribution in [3.63, 3.8) is 0 Å². The Morgan fingerprint density at radius 2 is 1.93 bits per heavy atom. The van der Waals surface area contributed by atoms with Gasteiger partial charge in [-0.3, -0.25) is 0 Å². The van der Waals surface area contributed by atoms with Crippen molar-refractivity contribution in [1.82, 2.24) is 0 Å². The maximum Gasteiger partial charge on any atom is 0.422 e. The number of ether oxygens (including phenoxy) is 2. The van der Waals surface area contributed by atoms with E-state index in [9.17, 15) is 14.0 Å². The molecule has 0 aliphatic carbocycles. The number of esters is 2. The molecule has 0 bridgehead atoms. The molecule has 0 radical (unpaired) electrons. The number of aryl methyl sites for hydroxylation is 1. The first kappa shape index (κ1) is 11.2. The van der Waals surface area contributed by atoms with Gasteiger partial charge in [0.15, 0.2) is 0 Å². The molecule has 0 heterocycles. The van der Waals surface area contributed by atoms with Crippen molar-refractivity contribution >= 4 is 11.9 Å². The number of halogens is 1. The Morgan fingerprint density at radius 3 is 2.47 bits per heavy atom. The van der Waals surface area contributed by atoms with E-state index in [2.05, 4.69) is 9.47 Å². The molecular formula is C10H9FO4. The minimum Gasteiger partial charge on any atom is -0.461 e. The zero-order valence-corrected chi connectivity index (χ0v) is 8.24. The first-order valence-corrected chi connectivity index (χ1v) is 4.11. The Labute approximate surface area is 85.6 Å². The Kier molecular flexibility index (Phi) is 3.38. The molecule has 0 atom stereocenters. The lowest BCUT2D eigenvalue weighted by atomic mass is 10.2. The number of rotatable bonds is 1. The van der Waals surface area contributed by atoms with Gasteiger partial charge in [0.2, 0.25) is 0 Å². The lowest BCUT2D eigenvalue weighted by molar-refractivity contribution is -0.160. The van der Waals surface area contributed by atoms with Crippen molar-refractivity contribution < 1.29 is 23.5 Å². The van der Waals surface area contributed by atoms with Crippen molar-refractivity contribution in [2.24, 2.45) is 0 Å². The standard InChI is InChI=1S/C10H9FO4/c1-6-3-4-7(5-8(6)11)15-10(13)9(12)14-2/h3-5H,1-2H3. The summed E-state index contributed by atoms with van der Waals surface area (Å²) in [6.45, 7) is 1.57. The second kappa shape index (κ2) is 4.54. The van der Waals surface area contributed by atoms with Gasteiger partial charge in [-0.25, -0.2) is 14.0 Å². The monoisotopic (exact) mass is 212 g/mol. The zero-order chi connectivity index (χ0) is 11.4. The van der Waals surface area contributed by atoms with Gasteiger partial charge < -0.3 is 9.47 Å². The Hall–Kier alpha value is -1.91. The molecule has 0 fully saturated rings. The van der Waals surface area contributed by atoms with Gasteiger partial charge >= 0.3 is 11.9 Å². The normalized spacial score (nSPS) is 9.53. The average Bonchev–Trinajstić information content (AvgIpc) is 2.22. The van der Waals surface area contributed by atoms with E-state index < -0.39 is 17.8 Å². The van der Waals surface area contributed by atoms with Crippen LogP contribution in [0.15, 0.2) is 18.2 Å². The number of hydrogen-bond acceptors (Lipinski definition) is 4. The molecule has 0 amide bonds. The van der Waals surface area contributed by atoms with Gasteiger partial charge in [0.25, 0.3) is 0 Å². The predicted octanol–water partition coefficient (Wildman–Crippen LogP) is 1.21. The lowest BCUT2D eigenvalue weighted by Gasteiger charge is -2.03. The van der Waals surface area contributed by atoms with E-state index in [0.717, 1.165) is 13.2 Å². The van der Waals surface area contributed by atoms with Gasteiger partial charge in [-0.1, -0.05) is 6.07 Å². The number of carbonyl (C=O) groups excluding carboxylic acids is 2. The first-order valence-electron chi connectivity index (χ1n) is 4.11. The quantitative estimate of drug-likeness (QED) is 0.399. The summed E-state index contributed by atoms with van der Waals surface area (Å²) in [5.41, 5.74) is 0.424. The van der Waals surface area contributed by atoms with Crippen LogP contribution in [0.25, 0.3) is 0 Å². The van der Waals surface area contributed by atoms with Crippen molar-refractivity contribution in [3.8, 4) is 5.75 Å². The molecule has 15 heavy (non-hydrogen) atoms. The minimum atomic E-state index is -1.18. The van der Waals surface area contributed by atoms with Crippen LogP contribution in [0.3, 0.4) is 0 Å². The summed E-state index contributed by atoms with van der Waals surface area (Å²) in [4.78, 5) is 21.6. The molecule has 1 aromatic rings. The van der Waals surface area contributed by atoms with E-state index in [1.807, 2.05) is 0 Å². The highest BCUT2D eigenvalue weighted by atomic mass is 19.1. The van der Waals surface area contributed by atoms with E-state index >= 15 is 0 Å². The van der Waals surface area contributed by atoms with Crippen LogP contribution in [0, 0.1) is 12.7 Å². The van der Waals surface area contributed by atoms with Crippen LogP contribution in [0.1, 0.15) is 5.56 Å². The molecule has 0 aliphatic heterocycles. The summed E-state index contributed by atoms with van der Waals surface area (Å²) in [7, 11) is 1.05. The van der Waals surface area contributed by atoms with Gasteiger partial charge in [-0.05, 0) is 18.6 Å². The maximum atomic E-state index is 13.0. The zero-order valence-electron chi connectivity index (χ0n) is 8.24. The lowest BCUT2D eigenvalue weighted by Crippen LogP contribution is -2.21. The topological polar surface area (TPSA) is 52.6 Å². The minimum absolute atomic E-state index is 0.0338. The fraction of sp³-hybridized carbons (Fsp3) is 0.200. The van der Waals surface area contributed by atoms with Crippen LogP contribution in [0.2, 0.25) is 0 Å². The molecule has 0 aliphatic rings. The molecule has 0 unspecified atom stereocenters. The van der Waals surface area contributed by atoms with Gasteiger partial charge in [-0.15, -0.1) is 0 Å². The molecule has 5 heteroatoms. The van der Waals surface area contributed by atoms with Crippen LogP contribution in [0.4, 0.5) is 4.39 Å². The maximum absolute atomic E-state index is 13.0. The fourth-order valence-corrected chi connectivity index (χ4v) is 0.869. The Balaban J connectivity index is 2.77. The summed E-state index contributed by atoms with van der Waals surface area (Å²) in [6, 6.07) is 3.85. The third kappa shape index (κ3) is 2.77. The number of methoxy groups -OCH3 is 1. The molecule has 0 spiro atoms. The number of benzene rings is 1. The summed E-state index contributed by atoms with van der Waals surface area (Å²) in [5, 5.41) is 0. The highest BCUT2D eigenvalue weighted by molar-refractivity contribution is 6.30. The number of carbonyl (C=O) groups is 2. The molecular weight excluding hydrogens is 203 g/mol. The van der Waals surface area contributed by atoms with Gasteiger partial charge in [0.05, 0.1) is 7.11 Å². The van der Waals surface area contributed by atoms with E-state index in [-0.39, 0.29) is 5.75 Å². The molecule has 4 nitrogen and oxygen atoms in total. The van der Waals surface area contributed by atoms with E-state index in [4.69, 9.17) is 0 Å². The fourth-order valence-electron chi connectivity index (χ4n) is 0.869. The van der Waals surface area contributed by atoms with Gasteiger partial charge in [-0.2, -0.15) is 0 Å². The van der Waals surface area contributed by atoms with Crippen LogP contribution in [-0.2, 0) is 14.3 Å². The van der Waals surface area contributed by atoms with Crippen LogP contribution in [0.5, 0.6) is 5.75 Å². The second-order valence-corrected chi connectivity index (χ2v) is 2.79. The summed E-state index contributed by atoms with van der Waals surface area (Å²) < 4.78 is 21.7. The summed E-state index contributed by atoms with van der Waals surface area (Å²) in [5.74, 6) is -2.85. The van der Waals surface area contributed by atoms with Crippen LogP contribution < -0.4 is 4.74 Å². The summed E-state index contributed by atoms with van der Waals surface area (Å²) >= 11 is 0. The highest BCUT2D eigenvalue weighted by Gasteiger charge is 2.16. The molecule has 0 N–H and O–H groups in total. The molecule has 80 valence electrons. The average molecular weight is 212 g/mol. The highest BCUT2D eigenvalue weighted by Crippen LogP contribution is 2.15. The predicted molar refractivity (Wildman–Crippen MR) is 48.8 cm³/mol. The molecule has 0 saturated carbocycles. The number of hydrogen-bond donors (Lipinski definition) is 0. The van der Waals surface area contributed by atoms with Gasteiger partial charge in [0, 0.05) is 6.07 Å². The van der Waals surface area contributed by atoms with E-state index in [0.29, 0.717) is 5.56 Å². The summed E-state index contributed by atoms with van der Waals surface area (Å²) in [6.07, 6.45) is 0. The van der Waals surface area contributed by atoms with Crippen molar-refractivity contribution in [1.29, 1.82) is 0 Å². The van der Waals surface area contributed by atoms with Crippen molar-refractivity contribution in [3.05, 3.63) is 29.6 Å². The molecule has 1 rings (SSSR count). The third-order valence-electron chi connectivity index (χ3n) is 1.71. The largest absolute Gasteiger partial charge is 0.461 e. The SMILES string of the molecule is COC(=O)C(=O)Oc1ccc(C)c(F)c1. The Morgan fingerprint density at radius 1 is 1.27 bits per heavy atom. The van der Waals surface area contributed by atoms with Crippen molar-refractivity contribution in [2.45, 2.75) is 6.92 Å². The van der Waals surface area contributed by atoms with E-state index in [1.54, 1.807) is 6.92 Å². The van der Waals surface area contributed by atoms with E-state index in [1.165, 1.54) is 12.1 Å². The molecule has 0 aromatic heterocycles. The van der Waals surface area contributed by atoms with Gasteiger partial charge in [0.1, 0.15) is 11.6 Å². The first-order chi connectivity index (χ1) is 7.04. The molecule has 0 saturated heterocycles. The van der Waals surface area contributed by atoms with Crippen molar-refractivity contribution in [2.75, 3.05) is 7.11 Å². The smallest absolute Gasteiger partial charge is 0.422 e. The molecule has 1 aromatic carbocycles. The second-order valence-electron chi connectivity index (χ2n) is 2.79.